The van der Waals surface area contributed by atoms with Crippen LogP contribution >= 0.6 is 11.6 Å². The number of halogens is 1. The van der Waals surface area contributed by atoms with Crippen LogP contribution in [0.2, 0.25) is 5.02 Å². The molecular weight excluding hydrogens is 250 g/mol. The van der Waals surface area contributed by atoms with Gasteiger partial charge in [0.15, 0.2) is 5.69 Å². The SMILES string of the molecule is Cc1ccc(Cl)cc1NC(=O)c1cc(C)n(C)n1. The van der Waals surface area contributed by atoms with E-state index in [4.69, 9.17) is 11.6 Å². The van der Waals surface area contributed by atoms with Gasteiger partial charge in [-0.25, -0.2) is 0 Å². The number of benzene rings is 1. The van der Waals surface area contributed by atoms with Crippen LogP contribution in [0.15, 0.2) is 24.3 Å². The van der Waals surface area contributed by atoms with E-state index in [0.29, 0.717) is 16.4 Å². The predicted molar refractivity (Wildman–Crippen MR) is 72.1 cm³/mol. The zero-order valence-corrected chi connectivity index (χ0v) is 11.2. The number of anilines is 1. The molecule has 0 spiro atoms. The maximum atomic E-state index is 12.0. The lowest BCUT2D eigenvalue weighted by Gasteiger charge is -2.07. The van der Waals surface area contributed by atoms with E-state index in [0.717, 1.165) is 11.3 Å². The fourth-order valence-corrected chi connectivity index (χ4v) is 1.76. The molecule has 0 bridgehead atoms. The summed E-state index contributed by atoms with van der Waals surface area (Å²) < 4.78 is 1.67. The van der Waals surface area contributed by atoms with Crippen LogP contribution in [0.25, 0.3) is 0 Å². The third-order valence-electron chi connectivity index (χ3n) is 2.79. The summed E-state index contributed by atoms with van der Waals surface area (Å²) in [7, 11) is 1.80. The summed E-state index contributed by atoms with van der Waals surface area (Å²) in [5.41, 5.74) is 2.99. The largest absolute Gasteiger partial charge is 0.320 e. The van der Waals surface area contributed by atoms with E-state index < -0.39 is 0 Å². The maximum Gasteiger partial charge on any atom is 0.276 e. The molecule has 1 amide bonds. The Labute approximate surface area is 111 Å². The summed E-state index contributed by atoms with van der Waals surface area (Å²) in [5.74, 6) is -0.232. The average molecular weight is 264 g/mol. The van der Waals surface area contributed by atoms with Gasteiger partial charge in [-0.05, 0) is 37.6 Å². The Bertz CT molecular complexity index is 585. The number of amides is 1. The molecule has 0 fully saturated rings. The zero-order valence-electron chi connectivity index (χ0n) is 10.5. The number of hydrogen-bond donors (Lipinski definition) is 1. The molecule has 5 heteroatoms. The van der Waals surface area contributed by atoms with Crippen molar-refractivity contribution in [1.82, 2.24) is 9.78 Å². The molecule has 1 N–H and O–H groups in total. The first-order valence-electron chi connectivity index (χ1n) is 5.55. The summed E-state index contributed by atoms with van der Waals surface area (Å²) in [6.07, 6.45) is 0. The van der Waals surface area contributed by atoms with Gasteiger partial charge in [0.25, 0.3) is 5.91 Å². The molecule has 0 atom stereocenters. The Balaban J connectivity index is 2.23. The van der Waals surface area contributed by atoms with Crippen LogP contribution < -0.4 is 5.32 Å². The van der Waals surface area contributed by atoms with Crippen molar-refractivity contribution in [1.29, 1.82) is 0 Å². The Morgan fingerprint density at radius 2 is 2.06 bits per heavy atom. The molecule has 0 radical (unpaired) electrons. The van der Waals surface area contributed by atoms with Gasteiger partial charge in [0.2, 0.25) is 0 Å². The number of aromatic nitrogens is 2. The molecule has 1 aromatic carbocycles. The molecule has 1 heterocycles. The number of carbonyl (C=O) groups is 1. The van der Waals surface area contributed by atoms with Crippen LogP contribution in [0.3, 0.4) is 0 Å². The highest BCUT2D eigenvalue weighted by Gasteiger charge is 2.12. The summed E-state index contributed by atoms with van der Waals surface area (Å²) in [6.45, 7) is 3.81. The molecule has 0 aliphatic rings. The molecule has 94 valence electrons. The molecule has 0 saturated carbocycles. The smallest absolute Gasteiger partial charge is 0.276 e. The first-order valence-corrected chi connectivity index (χ1v) is 5.93. The van der Waals surface area contributed by atoms with E-state index in [1.54, 1.807) is 29.9 Å². The lowest BCUT2D eigenvalue weighted by molar-refractivity contribution is 0.102. The number of aryl methyl sites for hydroxylation is 3. The van der Waals surface area contributed by atoms with Crippen molar-refractivity contribution in [2.45, 2.75) is 13.8 Å². The van der Waals surface area contributed by atoms with Crippen molar-refractivity contribution in [2.75, 3.05) is 5.32 Å². The number of nitrogens with zero attached hydrogens (tertiary/aromatic N) is 2. The number of nitrogens with one attached hydrogen (secondary N) is 1. The lowest BCUT2D eigenvalue weighted by Crippen LogP contribution is -2.13. The van der Waals surface area contributed by atoms with Crippen LogP contribution in [0.4, 0.5) is 5.69 Å². The van der Waals surface area contributed by atoms with E-state index in [1.807, 2.05) is 19.9 Å². The fourth-order valence-electron chi connectivity index (χ4n) is 1.59. The van der Waals surface area contributed by atoms with Gasteiger partial charge in [-0.15, -0.1) is 0 Å². The van der Waals surface area contributed by atoms with Crippen LogP contribution in [0, 0.1) is 13.8 Å². The van der Waals surface area contributed by atoms with E-state index in [2.05, 4.69) is 10.4 Å². The van der Waals surface area contributed by atoms with Gasteiger partial charge in [0, 0.05) is 23.5 Å². The maximum absolute atomic E-state index is 12.0. The van der Waals surface area contributed by atoms with Gasteiger partial charge in [0.05, 0.1) is 0 Å². The monoisotopic (exact) mass is 263 g/mol. The number of hydrogen-bond acceptors (Lipinski definition) is 2. The number of rotatable bonds is 2. The van der Waals surface area contributed by atoms with Gasteiger partial charge >= 0.3 is 0 Å². The first kappa shape index (κ1) is 12.6. The Morgan fingerprint density at radius 3 is 2.67 bits per heavy atom. The van der Waals surface area contributed by atoms with Crippen LogP contribution in [0.1, 0.15) is 21.7 Å². The van der Waals surface area contributed by atoms with E-state index >= 15 is 0 Å². The summed E-state index contributed by atoms with van der Waals surface area (Å²) in [4.78, 5) is 12.0. The molecule has 0 aliphatic carbocycles. The third-order valence-corrected chi connectivity index (χ3v) is 3.03. The molecule has 0 saturated heterocycles. The minimum absolute atomic E-state index is 0.232. The van der Waals surface area contributed by atoms with Crippen molar-refractivity contribution in [3.05, 3.63) is 46.2 Å². The Hall–Kier alpha value is -1.81. The van der Waals surface area contributed by atoms with Gasteiger partial charge in [-0.2, -0.15) is 5.10 Å². The zero-order chi connectivity index (χ0) is 13.3. The second-order valence-corrected chi connectivity index (χ2v) is 4.64. The van der Waals surface area contributed by atoms with Crippen LogP contribution in [-0.2, 0) is 7.05 Å². The summed E-state index contributed by atoms with van der Waals surface area (Å²) >= 11 is 5.90. The van der Waals surface area contributed by atoms with Crippen molar-refractivity contribution in [3.63, 3.8) is 0 Å². The predicted octanol–water partition coefficient (Wildman–Crippen LogP) is 2.94. The summed E-state index contributed by atoms with van der Waals surface area (Å²) in [6, 6.07) is 7.12. The van der Waals surface area contributed by atoms with E-state index in [-0.39, 0.29) is 5.91 Å². The normalized spacial score (nSPS) is 10.4. The minimum Gasteiger partial charge on any atom is -0.320 e. The van der Waals surface area contributed by atoms with Crippen molar-refractivity contribution in [3.8, 4) is 0 Å². The van der Waals surface area contributed by atoms with Crippen molar-refractivity contribution < 1.29 is 4.79 Å². The second-order valence-electron chi connectivity index (χ2n) is 4.21. The van der Waals surface area contributed by atoms with Gasteiger partial charge in [-0.1, -0.05) is 17.7 Å². The highest BCUT2D eigenvalue weighted by Crippen LogP contribution is 2.20. The highest BCUT2D eigenvalue weighted by molar-refractivity contribution is 6.31. The molecule has 0 aliphatic heterocycles. The molecule has 2 rings (SSSR count). The average Bonchev–Trinajstić information content (AvgIpc) is 2.64. The van der Waals surface area contributed by atoms with Gasteiger partial charge in [0.1, 0.15) is 0 Å². The molecule has 2 aromatic rings. The molecule has 0 unspecified atom stereocenters. The quantitative estimate of drug-likeness (QED) is 0.906. The lowest BCUT2D eigenvalue weighted by atomic mass is 10.2. The molecule has 4 nitrogen and oxygen atoms in total. The summed E-state index contributed by atoms with van der Waals surface area (Å²) in [5, 5.41) is 7.53. The molecule has 1 aromatic heterocycles. The first-order chi connectivity index (χ1) is 8.47. The topological polar surface area (TPSA) is 46.9 Å². The van der Waals surface area contributed by atoms with Crippen molar-refractivity contribution in [2.24, 2.45) is 7.05 Å². The minimum atomic E-state index is -0.232. The number of carbonyl (C=O) groups excluding carboxylic acids is 1. The standard InChI is InChI=1S/C13H14ClN3O/c1-8-4-5-10(14)7-11(8)15-13(18)12-6-9(2)17(3)16-12/h4-7H,1-3H3,(H,15,18). The van der Waals surface area contributed by atoms with Gasteiger partial charge in [-0.3, -0.25) is 9.48 Å². The van der Waals surface area contributed by atoms with Crippen LogP contribution in [-0.4, -0.2) is 15.7 Å². The Kier molecular flexibility index (Phi) is 3.39. The van der Waals surface area contributed by atoms with Crippen LogP contribution in [0.5, 0.6) is 0 Å². The third kappa shape index (κ3) is 2.54. The van der Waals surface area contributed by atoms with Crippen molar-refractivity contribution >= 4 is 23.2 Å². The van der Waals surface area contributed by atoms with Gasteiger partial charge < -0.3 is 5.32 Å². The van der Waals surface area contributed by atoms with E-state index in [9.17, 15) is 4.79 Å². The molecular formula is C13H14ClN3O. The highest BCUT2D eigenvalue weighted by atomic mass is 35.5. The second kappa shape index (κ2) is 4.82. The van der Waals surface area contributed by atoms with E-state index in [1.165, 1.54) is 0 Å². The fraction of sp³-hybridized carbons (Fsp3) is 0.231. The molecule has 18 heavy (non-hydrogen) atoms. The Morgan fingerprint density at radius 1 is 1.33 bits per heavy atom.